The molecule has 2 N–H and O–H groups in total. The lowest BCUT2D eigenvalue weighted by Crippen LogP contribution is -1.94. The number of nitrogen functional groups attached to an aromatic ring is 1. The van der Waals surface area contributed by atoms with E-state index in [0.717, 1.165) is 16.9 Å². The van der Waals surface area contributed by atoms with Gasteiger partial charge < -0.3 is 10.5 Å². The van der Waals surface area contributed by atoms with Crippen LogP contribution in [0, 0.1) is 0 Å². The fraction of sp³-hybridized carbons (Fsp3) is 0.154. The summed E-state index contributed by atoms with van der Waals surface area (Å²) in [6, 6.07) is 11.7. The minimum absolute atomic E-state index is 0.538. The Balaban J connectivity index is 2.40. The molecular formula is C13H14N2O. The lowest BCUT2D eigenvalue weighted by molar-refractivity contribution is 0.340. The third-order valence-electron chi connectivity index (χ3n) is 2.29. The monoisotopic (exact) mass is 214 g/mol. The standard InChI is InChI=1S/C13H14N2O/c1-2-16-11-6-3-5-10(9-11)12-7-4-8-15-13(12)14/h3-9H,2H2,1H3,(H2,14,15). The third-order valence-corrected chi connectivity index (χ3v) is 2.29. The van der Waals surface area contributed by atoms with E-state index < -0.39 is 0 Å². The minimum Gasteiger partial charge on any atom is -0.494 e. The molecule has 0 saturated carbocycles. The van der Waals surface area contributed by atoms with Crippen LogP contribution in [-0.2, 0) is 0 Å². The Kier molecular flexibility index (Phi) is 3.05. The van der Waals surface area contributed by atoms with Crippen LogP contribution in [0.5, 0.6) is 5.75 Å². The zero-order chi connectivity index (χ0) is 11.4. The number of benzene rings is 1. The van der Waals surface area contributed by atoms with Gasteiger partial charge in [0, 0.05) is 11.8 Å². The van der Waals surface area contributed by atoms with E-state index in [1.54, 1.807) is 6.20 Å². The molecule has 0 fully saturated rings. The van der Waals surface area contributed by atoms with Gasteiger partial charge in [0.25, 0.3) is 0 Å². The van der Waals surface area contributed by atoms with Crippen LogP contribution in [0.1, 0.15) is 6.92 Å². The number of rotatable bonds is 3. The molecule has 1 aromatic heterocycles. The van der Waals surface area contributed by atoms with Gasteiger partial charge in [0.05, 0.1) is 6.61 Å². The van der Waals surface area contributed by atoms with Crippen LogP contribution in [0.15, 0.2) is 42.6 Å². The quantitative estimate of drug-likeness (QED) is 0.854. The molecule has 0 atom stereocenters. The van der Waals surface area contributed by atoms with E-state index in [4.69, 9.17) is 10.5 Å². The number of ether oxygens (including phenoxy) is 1. The number of anilines is 1. The van der Waals surface area contributed by atoms with Crippen molar-refractivity contribution in [3.05, 3.63) is 42.6 Å². The maximum absolute atomic E-state index is 5.82. The van der Waals surface area contributed by atoms with E-state index in [1.165, 1.54) is 0 Å². The number of aromatic nitrogens is 1. The fourth-order valence-corrected chi connectivity index (χ4v) is 1.58. The molecule has 0 amide bonds. The molecular weight excluding hydrogens is 200 g/mol. The summed E-state index contributed by atoms with van der Waals surface area (Å²) < 4.78 is 5.45. The van der Waals surface area contributed by atoms with Gasteiger partial charge in [0.15, 0.2) is 0 Å². The minimum atomic E-state index is 0.538. The van der Waals surface area contributed by atoms with Crippen molar-refractivity contribution in [2.24, 2.45) is 0 Å². The highest BCUT2D eigenvalue weighted by Crippen LogP contribution is 2.26. The largest absolute Gasteiger partial charge is 0.494 e. The third kappa shape index (κ3) is 2.14. The molecule has 16 heavy (non-hydrogen) atoms. The lowest BCUT2D eigenvalue weighted by Gasteiger charge is -2.07. The predicted octanol–water partition coefficient (Wildman–Crippen LogP) is 2.73. The van der Waals surface area contributed by atoms with Crippen molar-refractivity contribution in [2.45, 2.75) is 6.92 Å². The number of hydrogen-bond donors (Lipinski definition) is 1. The van der Waals surface area contributed by atoms with Crippen molar-refractivity contribution in [1.82, 2.24) is 4.98 Å². The first-order chi connectivity index (χ1) is 7.81. The molecule has 0 saturated heterocycles. The van der Waals surface area contributed by atoms with Gasteiger partial charge >= 0.3 is 0 Å². The summed E-state index contributed by atoms with van der Waals surface area (Å²) in [7, 11) is 0. The van der Waals surface area contributed by atoms with Crippen molar-refractivity contribution in [2.75, 3.05) is 12.3 Å². The van der Waals surface area contributed by atoms with Crippen LogP contribution in [0.3, 0.4) is 0 Å². The van der Waals surface area contributed by atoms with Gasteiger partial charge in [0.2, 0.25) is 0 Å². The molecule has 0 unspecified atom stereocenters. The second-order valence-corrected chi connectivity index (χ2v) is 3.40. The summed E-state index contributed by atoms with van der Waals surface area (Å²) in [6.45, 7) is 2.62. The van der Waals surface area contributed by atoms with Crippen LogP contribution in [0.2, 0.25) is 0 Å². The van der Waals surface area contributed by atoms with Crippen LogP contribution in [-0.4, -0.2) is 11.6 Å². The van der Waals surface area contributed by atoms with Crippen molar-refractivity contribution >= 4 is 5.82 Å². The summed E-state index contributed by atoms with van der Waals surface area (Å²) in [5.74, 6) is 1.39. The summed E-state index contributed by atoms with van der Waals surface area (Å²) in [5, 5.41) is 0. The van der Waals surface area contributed by atoms with E-state index in [1.807, 2.05) is 43.3 Å². The van der Waals surface area contributed by atoms with E-state index in [-0.39, 0.29) is 0 Å². The van der Waals surface area contributed by atoms with Crippen molar-refractivity contribution in [3.8, 4) is 16.9 Å². The Labute approximate surface area is 94.9 Å². The highest BCUT2D eigenvalue weighted by molar-refractivity contribution is 5.74. The molecule has 1 aromatic carbocycles. The summed E-state index contributed by atoms with van der Waals surface area (Å²) in [6.07, 6.45) is 1.69. The molecule has 3 nitrogen and oxygen atoms in total. The molecule has 3 heteroatoms. The molecule has 0 radical (unpaired) electrons. The maximum atomic E-state index is 5.82. The van der Waals surface area contributed by atoms with Gasteiger partial charge in [0.1, 0.15) is 11.6 Å². The number of hydrogen-bond acceptors (Lipinski definition) is 3. The molecule has 0 bridgehead atoms. The van der Waals surface area contributed by atoms with E-state index in [0.29, 0.717) is 12.4 Å². The van der Waals surface area contributed by atoms with Crippen LogP contribution < -0.4 is 10.5 Å². The molecule has 0 spiro atoms. The Bertz CT molecular complexity index is 483. The first-order valence-electron chi connectivity index (χ1n) is 5.25. The summed E-state index contributed by atoms with van der Waals surface area (Å²) in [5.41, 5.74) is 7.78. The molecule has 2 rings (SSSR count). The first kappa shape index (κ1) is 10.5. The Morgan fingerprint density at radius 1 is 1.25 bits per heavy atom. The predicted molar refractivity (Wildman–Crippen MR) is 65.3 cm³/mol. The number of pyridine rings is 1. The Morgan fingerprint density at radius 3 is 2.88 bits per heavy atom. The second-order valence-electron chi connectivity index (χ2n) is 3.40. The smallest absolute Gasteiger partial charge is 0.131 e. The Hall–Kier alpha value is -2.03. The first-order valence-corrected chi connectivity index (χ1v) is 5.25. The van der Waals surface area contributed by atoms with Crippen molar-refractivity contribution in [3.63, 3.8) is 0 Å². The van der Waals surface area contributed by atoms with Gasteiger partial charge in [-0.15, -0.1) is 0 Å². The van der Waals surface area contributed by atoms with E-state index in [2.05, 4.69) is 4.98 Å². The maximum Gasteiger partial charge on any atom is 0.131 e. The average Bonchev–Trinajstić information content (AvgIpc) is 2.30. The van der Waals surface area contributed by atoms with Crippen LogP contribution >= 0.6 is 0 Å². The number of nitrogens with zero attached hydrogens (tertiary/aromatic N) is 1. The summed E-state index contributed by atoms with van der Waals surface area (Å²) >= 11 is 0. The topological polar surface area (TPSA) is 48.1 Å². The van der Waals surface area contributed by atoms with Gasteiger partial charge in [-0.3, -0.25) is 0 Å². The zero-order valence-electron chi connectivity index (χ0n) is 9.18. The van der Waals surface area contributed by atoms with Gasteiger partial charge in [-0.1, -0.05) is 12.1 Å². The summed E-state index contributed by atoms with van der Waals surface area (Å²) in [4.78, 5) is 4.07. The zero-order valence-corrected chi connectivity index (χ0v) is 9.18. The molecule has 1 heterocycles. The SMILES string of the molecule is CCOc1cccc(-c2cccnc2N)c1. The van der Waals surface area contributed by atoms with E-state index in [9.17, 15) is 0 Å². The molecule has 2 aromatic rings. The molecule has 0 aliphatic rings. The number of nitrogens with two attached hydrogens (primary N) is 1. The average molecular weight is 214 g/mol. The van der Waals surface area contributed by atoms with E-state index >= 15 is 0 Å². The Morgan fingerprint density at radius 2 is 2.12 bits per heavy atom. The molecule has 0 aliphatic heterocycles. The van der Waals surface area contributed by atoms with Crippen molar-refractivity contribution in [1.29, 1.82) is 0 Å². The highest BCUT2D eigenvalue weighted by Gasteiger charge is 2.03. The highest BCUT2D eigenvalue weighted by atomic mass is 16.5. The van der Waals surface area contributed by atoms with Crippen LogP contribution in [0.4, 0.5) is 5.82 Å². The van der Waals surface area contributed by atoms with Crippen LogP contribution in [0.25, 0.3) is 11.1 Å². The molecule has 82 valence electrons. The van der Waals surface area contributed by atoms with Gasteiger partial charge in [-0.25, -0.2) is 4.98 Å². The lowest BCUT2D eigenvalue weighted by atomic mass is 10.1. The fourth-order valence-electron chi connectivity index (χ4n) is 1.58. The van der Waals surface area contributed by atoms with Crippen molar-refractivity contribution < 1.29 is 4.74 Å². The second kappa shape index (κ2) is 4.66. The normalized spacial score (nSPS) is 10.1. The van der Waals surface area contributed by atoms with Gasteiger partial charge in [-0.05, 0) is 36.8 Å². The van der Waals surface area contributed by atoms with Gasteiger partial charge in [-0.2, -0.15) is 0 Å². The molecule has 0 aliphatic carbocycles.